The molecule has 15 heavy (non-hydrogen) atoms. The Bertz CT molecular complexity index is 278. The molecule has 0 aromatic carbocycles. The molecule has 0 aliphatic carbocycles. The highest BCUT2D eigenvalue weighted by atomic mass is 32.1. The van der Waals surface area contributed by atoms with Gasteiger partial charge in [0, 0.05) is 22.3 Å². The zero-order valence-electron chi connectivity index (χ0n) is 10.3. The van der Waals surface area contributed by atoms with Crippen LogP contribution in [0.4, 0.5) is 0 Å². The predicted octanol–water partition coefficient (Wildman–Crippen LogP) is 3.83. The molecular formula is C13H23NS. The fraction of sp³-hybridized carbons (Fsp3) is 0.692. The Labute approximate surface area is 97.9 Å². The van der Waals surface area contributed by atoms with Gasteiger partial charge in [0.05, 0.1) is 0 Å². The fourth-order valence-corrected chi connectivity index (χ4v) is 2.70. The van der Waals surface area contributed by atoms with E-state index in [9.17, 15) is 0 Å². The van der Waals surface area contributed by atoms with Crippen LogP contribution in [0.1, 0.15) is 43.9 Å². The van der Waals surface area contributed by atoms with Crippen LogP contribution >= 0.6 is 11.3 Å². The van der Waals surface area contributed by atoms with Gasteiger partial charge < -0.3 is 5.32 Å². The highest BCUT2D eigenvalue weighted by Crippen LogP contribution is 2.17. The molecule has 1 aromatic heterocycles. The maximum atomic E-state index is 3.63. The second-order valence-electron chi connectivity index (χ2n) is 4.36. The van der Waals surface area contributed by atoms with Gasteiger partial charge in [0.2, 0.25) is 0 Å². The Kier molecular flexibility index (Phi) is 5.34. The van der Waals surface area contributed by atoms with Crippen LogP contribution in [0.3, 0.4) is 0 Å². The number of aryl methyl sites for hydroxylation is 1. The zero-order valence-corrected chi connectivity index (χ0v) is 11.2. The number of hydrogen-bond acceptors (Lipinski definition) is 2. The van der Waals surface area contributed by atoms with E-state index < -0.39 is 0 Å². The summed E-state index contributed by atoms with van der Waals surface area (Å²) in [5, 5.41) is 3.63. The van der Waals surface area contributed by atoms with E-state index in [1.807, 2.05) is 11.3 Å². The quantitative estimate of drug-likeness (QED) is 0.776. The van der Waals surface area contributed by atoms with Crippen LogP contribution in [0.2, 0.25) is 0 Å². The van der Waals surface area contributed by atoms with E-state index in [-0.39, 0.29) is 0 Å². The molecule has 1 atom stereocenters. The monoisotopic (exact) mass is 225 g/mol. The van der Waals surface area contributed by atoms with Crippen molar-refractivity contribution >= 4 is 11.3 Å². The third-order valence-corrected chi connectivity index (χ3v) is 4.08. The second kappa shape index (κ2) is 6.29. The minimum Gasteiger partial charge on any atom is -0.309 e. The van der Waals surface area contributed by atoms with E-state index in [0.717, 1.165) is 18.9 Å². The molecule has 0 fully saturated rings. The summed E-state index contributed by atoms with van der Waals surface area (Å²) in [4.78, 5) is 2.95. The van der Waals surface area contributed by atoms with E-state index in [4.69, 9.17) is 0 Å². The molecule has 1 N–H and O–H groups in total. The third-order valence-electron chi connectivity index (χ3n) is 2.85. The van der Waals surface area contributed by atoms with E-state index in [1.54, 1.807) is 0 Å². The van der Waals surface area contributed by atoms with Crippen LogP contribution in [-0.4, -0.2) is 6.04 Å². The minimum atomic E-state index is 0.650. The molecular weight excluding hydrogens is 202 g/mol. The smallest absolute Gasteiger partial charge is 0.0302 e. The van der Waals surface area contributed by atoms with E-state index in [2.05, 4.69) is 45.1 Å². The molecule has 2 heteroatoms. The second-order valence-corrected chi connectivity index (χ2v) is 5.61. The molecule has 0 radical (unpaired) electrons. The molecule has 0 saturated heterocycles. The maximum Gasteiger partial charge on any atom is 0.0302 e. The molecule has 0 aliphatic heterocycles. The Morgan fingerprint density at radius 1 is 1.20 bits per heavy atom. The summed E-state index contributed by atoms with van der Waals surface area (Å²) >= 11 is 1.93. The first kappa shape index (κ1) is 12.7. The van der Waals surface area contributed by atoms with Crippen molar-refractivity contribution in [2.45, 2.75) is 53.1 Å². The molecule has 1 rings (SSSR count). The van der Waals surface area contributed by atoms with Crippen LogP contribution in [0.5, 0.6) is 0 Å². The van der Waals surface area contributed by atoms with Crippen molar-refractivity contribution in [2.75, 3.05) is 0 Å². The Morgan fingerprint density at radius 2 is 1.87 bits per heavy atom. The molecule has 0 bridgehead atoms. The lowest BCUT2D eigenvalue weighted by atomic mass is 10.0. The van der Waals surface area contributed by atoms with Gasteiger partial charge >= 0.3 is 0 Å². The average Bonchev–Trinajstić information content (AvgIpc) is 2.66. The van der Waals surface area contributed by atoms with Gasteiger partial charge in [-0.3, -0.25) is 0 Å². The van der Waals surface area contributed by atoms with Crippen LogP contribution in [0.15, 0.2) is 12.1 Å². The number of nitrogens with one attached hydrogen (secondary N) is 1. The molecule has 0 amide bonds. The summed E-state index contributed by atoms with van der Waals surface area (Å²) < 4.78 is 0. The lowest BCUT2D eigenvalue weighted by Crippen LogP contribution is -2.32. The first-order valence-corrected chi connectivity index (χ1v) is 6.80. The minimum absolute atomic E-state index is 0.650. The van der Waals surface area contributed by atoms with Crippen molar-refractivity contribution in [2.24, 2.45) is 5.92 Å². The van der Waals surface area contributed by atoms with Crippen molar-refractivity contribution in [3.05, 3.63) is 21.9 Å². The normalized spacial score (nSPS) is 13.4. The lowest BCUT2D eigenvalue weighted by Gasteiger charge is -2.20. The molecule has 0 spiro atoms. The van der Waals surface area contributed by atoms with Crippen LogP contribution in [0, 0.1) is 5.92 Å². The van der Waals surface area contributed by atoms with E-state index in [1.165, 1.54) is 16.2 Å². The number of hydrogen-bond donors (Lipinski definition) is 1. The Morgan fingerprint density at radius 3 is 2.33 bits per heavy atom. The predicted molar refractivity (Wildman–Crippen MR) is 69.5 cm³/mol. The van der Waals surface area contributed by atoms with Crippen LogP contribution < -0.4 is 5.32 Å². The van der Waals surface area contributed by atoms with Crippen molar-refractivity contribution in [3.63, 3.8) is 0 Å². The average molecular weight is 225 g/mol. The topological polar surface area (TPSA) is 12.0 Å². The molecule has 1 nitrogen and oxygen atoms in total. The van der Waals surface area contributed by atoms with Crippen LogP contribution in [-0.2, 0) is 13.0 Å². The fourth-order valence-electron chi connectivity index (χ4n) is 1.79. The van der Waals surface area contributed by atoms with Crippen LogP contribution in [0.25, 0.3) is 0 Å². The van der Waals surface area contributed by atoms with Crippen molar-refractivity contribution in [1.29, 1.82) is 0 Å². The number of rotatable bonds is 6. The van der Waals surface area contributed by atoms with Gasteiger partial charge in [-0.2, -0.15) is 0 Å². The van der Waals surface area contributed by atoms with Gasteiger partial charge in [0.25, 0.3) is 0 Å². The standard InChI is InChI=1S/C13H23NS/c1-5-11-7-8-12(15-11)9-14-13(6-2)10(3)4/h7-8,10,13-14H,5-6,9H2,1-4H3. The summed E-state index contributed by atoms with van der Waals surface area (Å²) in [6.45, 7) is 10.1. The largest absolute Gasteiger partial charge is 0.309 e. The Hall–Kier alpha value is -0.340. The van der Waals surface area contributed by atoms with Crippen molar-refractivity contribution in [1.82, 2.24) is 5.32 Å². The van der Waals surface area contributed by atoms with Gasteiger partial charge in [-0.15, -0.1) is 11.3 Å². The Balaban J connectivity index is 2.41. The molecule has 1 heterocycles. The molecule has 86 valence electrons. The van der Waals surface area contributed by atoms with Crippen molar-refractivity contribution < 1.29 is 0 Å². The van der Waals surface area contributed by atoms with E-state index in [0.29, 0.717) is 6.04 Å². The first-order chi connectivity index (χ1) is 7.17. The summed E-state index contributed by atoms with van der Waals surface area (Å²) in [5.41, 5.74) is 0. The van der Waals surface area contributed by atoms with Gasteiger partial charge in [0.15, 0.2) is 0 Å². The molecule has 1 unspecified atom stereocenters. The zero-order chi connectivity index (χ0) is 11.3. The van der Waals surface area contributed by atoms with Crippen molar-refractivity contribution in [3.8, 4) is 0 Å². The maximum absolute atomic E-state index is 3.63. The molecule has 0 saturated carbocycles. The number of thiophene rings is 1. The molecule has 0 aliphatic rings. The third kappa shape index (κ3) is 3.96. The summed E-state index contributed by atoms with van der Waals surface area (Å²) in [6, 6.07) is 5.15. The van der Waals surface area contributed by atoms with E-state index >= 15 is 0 Å². The van der Waals surface area contributed by atoms with Gasteiger partial charge in [-0.1, -0.05) is 27.7 Å². The van der Waals surface area contributed by atoms with Gasteiger partial charge in [-0.05, 0) is 30.9 Å². The summed E-state index contributed by atoms with van der Waals surface area (Å²) in [5.74, 6) is 0.723. The SMILES string of the molecule is CCc1ccc(CNC(CC)C(C)C)s1. The molecule has 1 aromatic rings. The van der Waals surface area contributed by atoms with Gasteiger partial charge in [-0.25, -0.2) is 0 Å². The highest BCUT2D eigenvalue weighted by Gasteiger charge is 2.10. The van der Waals surface area contributed by atoms with Gasteiger partial charge in [0.1, 0.15) is 0 Å². The summed E-state index contributed by atoms with van der Waals surface area (Å²) in [6.07, 6.45) is 2.37. The first-order valence-electron chi connectivity index (χ1n) is 5.98. The highest BCUT2D eigenvalue weighted by molar-refractivity contribution is 7.11. The summed E-state index contributed by atoms with van der Waals surface area (Å²) in [7, 11) is 0. The lowest BCUT2D eigenvalue weighted by molar-refractivity contribution is 0.389.